The monoisotopic (exact) mass is 362 g/mol. The molecule has 0 spiro atoms. The largest absolute Gasteiger partial charge is 0.496 e. The van der Waals surface area contributed by atoms with E-state index in [0.29, 0.717) is 19.6 Å². The lowest BCUT2D eigenvalue weighted by atomic mass is 10.2. The van der Waals surface area contributed by atoms with Gasteiger partial charge in [0, 0.05) is 29.8 Å². The van der Waals surface area contributed by atoms with Crippen LogP contribution in [-0.2, 0) is 4.79 Å². The van der Waals surface area contributed by atoms with Crippen LogP contribution in [0.4, 0.5) is 0 Å². The summed E-state index contributed by atoms with van der Waals surface area (Å²) in [6.45, 7) is 1.04. The quantitative estimate of drug-likeness (QED) is 0.488. The molecular weight excluding hydrogens is 340 g/mol. The van der Waals surface area contributed by atoms with Gasteiger partial charge in [0.25, 0.3) is 0 Å². The van der Waals surface area contributed by atoms with E-state index in [2.05, 4.69) is 10.3 Å². The van der Waals surface area contributed by atoms with Crippen molar-refractivity contribution < 1.29 is 14.3 Å². The highest BCUT2D eigenvalue weighted by atomic mass is 16.5. The van der Waals surface area contributed by atoms with Gasteiger partial charge in [0.1, 0.15) is 17.0 Å². The number of nitrogens with one attached hydrogen (secondary N) is 1. The highest BCUT2D eigenvalue weighted by molar-refractivity contribution is 5.92. The number of benzene rings is 2. The zero-order valence-electron chi connectivity index (χ0n) is 15.2. The summed E-state index contributed by atoms with van der Waals surface area (Å²) in [4.78, 5) is 16.3. The minimum absolute atomic E-state index is 0.146. The van der Waals surface area contributed by atoms with E-state index in [1.54, 1.807) is 19.4 Å². The zero-order valence-corrected chi connectivity index (χ0v) is 15.2. The Hall–Kier alpha value is -3.34. The molecule has 0 bridgehead atoms. The molecule has 1 aromatic heterocycles. The Labute approximate surface area is 158 Å². The lowest BCUT2D eigenvalue weighted by molar-refractivity contribution is -0.116. The maximum atomic E-state index is 11.9. The smallest absolute Gasteiger partial charge is 0.244 e. The number of para-hydroxylation sites is 2. The molecule has 5 nitrogen and oxygen atoms in total. The maximum Gasteiger partial charge on any atom is 0.244 e. The molecule has 0 saturated carbocycles. The second-order valence-corrected chi connectivity index (χ2v) is 5.90. The number of hydrogen-bond acceptors (Lipinski definition) is 4. The topological polar surface area (TPSA) is 60.5 Å². The fourth-order valence-electron chi connectivity index (χ4n) is 2.69. The SMILES string of the molecule is COc1ccccc1/C=C/C(=O)NCCCOc1cccc2cccnc12. The molecule has 138 valence electrons. The third-order valence-corrected chi connectivity index (χ3v) is 4.03. The molecule has 3 aromatic rings. The predicted molar refractivity (Wildman–Crippen MR) is 107 cm³/mol. The number of methoxy groups -OCH3 is 1. The summed E-state index contributed by atoms with van der Waals surface area (Å²) < 4.78 is 11.1. The summed E-state index contributed by atoms with van der Waals surface area (Å²) in [5.41, 5.74) is 1.71. The molecule has 0 unspecified atom stereocenters. The van der Waals surface area contributed by atoms with Crippen LogP contribution in [0.15, 0.2) is 66.9 Å². The zero-order chi connectivity index (χ0) is 18.9. The Kier molecular flexibility index (Phi) is 6.41. The molecule has 1 amide bonds. The van der Waals surface area contributed by atoms with Gasteiger partial charge in [-0.05, 0) is 30.7 Å². The van der Waals surface area contributed by atoms with E-state index >= 15 is 0 Å². The Bertz CT molecular complexity index is 932. The Morgan fingerprint density at radius 1 is 1.07 bits per heavy atom. The molecule has 2 aromatic carbocycles. The van der Waals surface area contributed by atoms with Crippen molar-refractivity contribution in [2.24, 2.45) is 0 Å². The summed E-state index contributed by atoms with van der Waals surface area (Å²) >= 11 is 0. The van der Waals surface area contributed by atoms with Crippen molar-refractivity contribution in [3.63, 3.8) is 0 Å². The number of rotatable bonds is 8. The minimum atomic E-state index is -0.146. The van der Waals surface area contributed by atoms with Crippen LogP contribution in [0.3, 0.4) is 0 Å². The van der Waals surface area contributed by atoms with Crippen molar-refractivity contribution in [2.75, 3.05) is 20.3 Å². The number of pyridine rings is 1. The van der Waals surface area contributed by atoms with E-state index < -0.39 is 0 Å². The van der Waals surface area contributed by atoms with E-state index in [-0.39, 0.29) is 5.91 Å². The summed E-state index contributed by atoms with van der Waals surface area (Å²) in [5, 5.41) is 3.90. The average Bonchev–Trinajstić information content (AvgIpc) is 2.72. The first-order valence-corrected chi connectivity index (χ1v) is 8.83. The van der Waals surface area contributed by atoms with Crippen molar-refractivity contribution >= 4 is 22.9 Å². The predicted octanol–water partition coefficient (Wildman–Crippen LogP) is 3.84. The molecule has 0 radical (unpaired) electrons. The fraction of sp³-hybridized carbons (Fsp3) is 0.182. The molecule has 0 aliphatic rings. The lowest BCUT2D eigenvalue weighted by Crippen LogP contribution is -2.23. The van der Waals surface area contributed by atoms with Crippen LogP contribution >= 0.6 is 0 Å². The van der Waals surface area contributed by atoms with E-state index in [0.717, 1.165) is 28.0 Å². The number of aromatic nitrogens is 1. The minimum Gasteiger partial charge on any atom is -0.496 e. The number of ether oxygens (including phenoxy) is 2. The maximum absolute atomic E-state index is 11.9. The van der Waals surface area contributed by atoms with Crippen molar-refractivity contribution in [2.45, 2.75) is 6.42 Å². The van der Waals surface area contributed by atoms with Gasteiger partial charge in [0.15, 0.2) is 0 Å². The normalized spacial score (nSPS) is 10.9. The molecule has 3 rings (SSSR count). The van der Waals surface area contributed by atoms with Gasteiger partial charge in [-0.2, -0.15) is 0 Å². The first-order chi connectivity index (χ1) is 13.3. The molecule has 0 fully saturated rings. The van der Waals surface area contributed by atoms with Crippen molar-refractivity contribution in [3.05, 3.63) is 72.4 Å². The van der Waals surface area contributed by atoms with E-state index in [1.807, 2.05) is 54.6 Å². The highest BCUT2D eigenvalue weighted by Crippen LogP contribution is 2.23. The van der Waals surface area contributed by atoms with Crippen LogP contribution in [-0.4, -0.2) is 31.2 Å². The second-order valence-electron chi connectivity index (χ2n) is 5.90. The van der Waals surface area contributed by atoms with Gasteiger partial charge in [-0.15, -0.1) is 0 Å². The molecule has 1 N–H and O–H groups in total. The van der Waals surface area contributed by atoms with Crippen LogP contribution < -0.4 is 14.8 Å². The first kappa shape index (κ1) is 18.5. The van der Waals surface area contributed by atoms with Gasteiger partial charge in [0.05, 0.1) is 13.7 Å². The Balaban J connectivity index is 1.43. The molecular formula is C22H22N2O3. The van der Waals surface area contributed by atoms with Gasteiger partial charge < -0.3 is 14.8 Å². The second kappa shape index (κ2) is 9.38. The number of fused-ring (bicyclic) bond motifs is 1. The van der Waals surface area contributed by atoms with Crippen LogP contribution in [0.2, 0.25) is 0 Å². The van der Waals surface area contributed by atoms with Crippen LogP contribution in [0.1, 0.15) is 12.0 Å². The third kappa shape index (κ3) is 5.07. The lowest BCUT2D eigenvalue weighted by Gasteiger charge is -2.08. The molecule has 5 heteroatoms. The van der Waals surface area contributed by atoms with Gasteiger partial charge >= 0.3 is 0 Å². The van der Waals surface area contributed by atoms with Crippen molar-refractivity contribution in [3.8, 4) is 11.5 Å². The number of amides is 1. The van der Waals surface area contributed by atoms with E-state index in [4.69, 9.17) is 9.47 Å². The molecule has 0 aliphatic carbocycles. The number of carbonyl (C=O) groups excluding carboxylic acids is 1. The molecule has 0 aliphatic heterocycles. The number of nitrogens with zero attached hydrogens (tertiary/aromatic N) is 1. The Morgan fingerprint density at radius 3 is 2.78 bits per heavy atom. The van der Waals surface area contributed by atoms with Crippen molar-refractivity contribution in [1.29, 1.82) is 0 Å². The molecule has 1 heterocycles. The van der Waals surface area contributed by atoms with E-state index in [1.165, 1.54) is 6.08 Å². The number of hydrogen-bond donors (Lipinski definition) is 1. The third-order valence-electron chi connectivity index (χ3n) is 4.03. The van der Waals surface area contributed by atoms with Crippen LogP contribution in [0.5, 0.6) is 11.5 Å². The summed E-state index contributed by atoms with van der Waals surface area (Å²) in [6, 6.07) is 17.3. The Morgan fingerprint density at radius 2 is 1.89 bits per heavy atom. The molecule has 27 heavy (non-hydrogen) atoms. The van der Waals surface area contributed by atoms with E-state index in [9.17, 15) is 4.79 Å². The average molecular weight is 362 g/mol. The molecule has 0 saturated heterocycles. The van der Waals surface area contributed by atoms with Gasteiger partial charge in [-0.3, -0.25) is 9.78 Å². The van der Waals surface area contributed by atoms with Crippen molar-refractivity contribution in [1.82, 2.24) is 10.3 Å². The summed E-state index contributed by atoms with van der Waals surface area (Å²) in [5.74, 6) is 1.35. The highest BCUT2D eigenvalue weighted by Gasteiger charge is 2.03. The standard InChI is InChI=1S/C22H22N2O3/c1-26-19-10-3-2-7-17(19)12-13-21(25)23-15-6-16-27-20-11-4-8-18-9-5-14-24-22(18)20/h2-5,7-14H,6,15-16H2,1H3,(H,23,25)/b13-12+. The first-order valence-electron chi connectivity index (χ1n) is 8.83. The van der Waals surface area contributed by atoms with Gasteiger partial charge in [0.2, 0.25) is 5.91 Å². The number of carbonyl (C=O) groups is 1. The molecule has 0 atom stereocenters. The summed E-state index contributed by atoms with van der Waals surface area (Å²) in [6.07, 6.45) is 5.71. The van der Waals surface area contributed by atoms with Crippen LogP contribution in [0, 0.1) is 0 Å². The van der Waals surface area contributed by atoms with Gasteiger partial charge in [-0.1, -0.05) is 36.4 Å². The summed E-state index contributed by atoms with van der Waals surface area (Å²) in [7, 11) is 1.61. The van der Waals surface area contributed by atoms with Gasteiger partial charge in [-0.25, -0.2) is 0 Å². The van der Waals surface area contributed by atoms with Crippen LogP contribution in [0.25, 0.3) is 17.0 Å². The fourth-order valence-corrected chi connectivity index (χ4v) is 2.69.